The van der Waals surface area contributed by atoms with E-state index in [1.807, 2.05) is 54.6 Å². The molecule has 0 aliphatic rings. The molecular weight excluding hydrogens is 316 g/mol. The molecule has 1 N–H and O–H groups in total. The topological polar surface area (TPSA) is 32.3 Å². The molecule has 3 nitrogen and oxygen atoms in total. The van der Waals surface area contributed by atoms with Gasteiger partial charge in [-0.2, -0.15) is 0 Å². The Hall–Kier alpha value is -1.81. The highest BCUT2D eigenvalue weighted by Gasteiger charge is 2.08. The van der Waals surface area contributed by atoms with E-state index in [9.17, 15) is 4.79 Å². The molecule has 0 spiro atoms. The fourth-order valence-electron chi connectivity index (χ4n) is 1.89. The maximum atomic E-state index is 12.0. The highest BCUT2D eigenvalue weighted by atomic mass is 79.9. The van der Waals surface area contributed by atoms with Crippen LogP contribution in [0.1, 0.15) is 11.1 Å². The minimum Gasteiger partial charge on any atom is -0.334 e. The molecule has 0 unspecified atom stereocenters. The number of carbonyl (C=O) groups excluding carboxylic acids is 1. The number of nitrogens with one attached hydrogen (secondary N) is 1. The number of amides is 2. The van der Waals surface area contributed by atoms with Crippen LogP contribution in [0.25, 0.3) is 0 Å². The highest BCUT2D eigenvalue weighted by Crippen LogP contribution is 2.11. The van der Waals surface area contributed by atoms with Crippen molar-refractivity contribution in [3.8, 4) is 0 Å². The number of hydrogen-bond donors (Lipinski definition) is 1. The van der Waals surface area contributed by atoms with Crippen molar-refractivity contribution in [3.05, 3.63) is 70.2 Å². The number of halogens is 1. The van der Waals surface area contributed by atoms with Gasteiger partial charge in [0.2, 0.25) is 0 Å². The first kappa shape index (κ1) is 14.6. The predicted octanol–water partition coefficient (Wildman–Crippen LogP) is 3.79. The summed E-state index contributed by atoms with van der Waals surface area (Å²) in [6, 6.07) is 17.8. The van der Waals surface area contributed by atoms with Gasteiger partial charge < -0.3 is 10.2 Å². The SMILES string of the molecule is CN(Cc1ccccc1)C(=O)NCc1cccc(Br)c1. The van der Waals surface area contributed by atoms with Gasteiger partial charge in [0.1, 0.15) is 0 Å². The molecule has 0 fully saturated rings. The van der Waals surface area contributed by atoms with E-state index in [4.69, 9.17) is 0 Å². The van der Waals surface area contributed by atoms with E-state index in [0.29, 0.717) is 13.1 Å². The number of benzene rings is 2. The molecule has 2 amide bonds. The van der Waals surface area contributed by atoms with E-state index >= 15 is 0 Å². The fraction of sp³-hybridized carbons (Fsp3) is 0.188. The quantitative estimate of drug-likeness (QED) is 0.907. The largest absolute Gasteiger partial charge is 0.334 e. The van der Waals surface area contributed by atoms with Crippen LogP contribution in [-0.2, 0) is 13.1 Å². The molecule has 0 saturated carbocycles. The van der Waals surface area contributed by atoms with Crippen LogP contribution in [0.15, 0.2) is 59.1 Å². The monoisotopic (exact) mass is 332 g/mol. The molecular formula is C16H17BrN2O. The van der Waals surface area contributed by atoms with E-state index in [2.05, 4.69) is 21.2 Å². The zero-order valence-corrected chi connectivity index (χ0v) is 12.9. The maximum absolute atomic E-state index is 12.0. The number of hydrogen-bond acceptors (Lipinski definition) is 1. The van der Waals surface area contributed by atoms with Crippen molar-refractivity contribution < 1.29 is 4.79 Å². The van der Waals surface area contributed by atoms with Gasteiger partial charge in [-0.05, 0) is 23.3 Å². The molecule has 0 radical (unpaired) electrons. The average molecular weight is 333 g/mol. The molecule has 0 aliphatic carbocycles. The number of carbonyl (C=O) groups is 1. The summed E-state index contributed by atoms with van der Waals surface area (Å²) in [6.07, 6.45) is 0. The number of rotatable bonds is 4. The zero-order valence-electron chi connectivity index (χ0n) is 11.3. The third-order valence-electron chi connectivity index (χ3n) is 2.94. The standard InChI is InChI=1S/C16H17BrN2O/c1-19(12-13-6-3-2-4-7-13)16(20)18-11-14-8-5-9-15(17)10-14/h2-10H,11-12H2,1H3,(H,18,20). The van der Waals surface area contributed by atoms with Crippen molar-refractivity contribution in [2.75, 3.05) is 7.05 Å². The van der Waals surface area contributed by atoms with Gasteiger partial charge in [0, 0.05) is 24.6 Å². The van der Waals surface area contributed by atoms with Gasteiger partial charge in [-0.25, -0.2) is 4.79 Å². The Labute approximate surface area is 127 Å². The van der Waals surface area contributed by atoms with Crippen molar-refractivity contribution in [1.82, 2.24) is 10.2 Å². The van der Waals surface area contributed by atoms with Gasteiger partial charge in [0.05, 0.1) is 0 Å². The Morgan fingerprint density at radius 2 is 1.80 bits per heavy atom. The molecule has 0 aliphatic heterocycles. The summed E-state index contributed by atoms with van der Waals surface area (Å²) in [5.74, 6) is 0. The first-order chi connectivity index (χ1) is 9.65. The first-order valence-electron chi connectivity index (χ1n) is 6.42. The zero-order chi connectivity index (χ0) is 14.4. The van der Waals surface area contributed by atoms with E-state index < -0.39 is 0 Å². The highest BCUT2D eigenvalue weighted by molar-refractivity contribution is 9.10. The molecule has 4 heteroatoms. The van der Waals surface area contributed by atoms with E-state index in [1.165, 1.54) is 0 Å². The lowest BCUT2D eigenvalue weighted by atomic mass is 10.2. The second-order valence-corrected chi connectivity index (χ2v) is 5.55. The van der Waals surface area contributed by atoms with Crippen LogP contribution in [0.3, 0.4) is 0 Å². The van der Waals surface area contributed by atoms with Gasteiger partial charge in [-0.3, -0.25) is 0 Å². The summed E-state index contributed by atoms with van der Waals surface area (Å²) < 4.78 is 1.02. The third kappa shape index (κ3) is 4.38. The molecule has 0 aromatic heterocycles. The second kappa shape index (κ2) is 7.10. The Bertz CT molecular complexity index is 572. The van der Waals surface area contributed by atoms with Gasteiger partial charge in [0.25, 0.3) is 0 Å². The van der Waals surface area contributed by atoms with Gasteiger partial charge in [-0.1, -0.05) is 58.4 Å². The van der Waals surface area contributed by atoms with Crippen LogP contribution in [0.2, 0.25) is 0 Å². The van der Waals surface area contributed by atoms with E-state index in [1.54, 1.807) is 11.9 Å². The fourth-order valence-corrected chi connectivity index (χ4v) is 2.34. The van der Waals surface area contributed by atoms with Crippen LogP contribution >= 0.6 is 15.9 Å². The van der Waals surface area contributed by atoms with Gasteiger partial charge in [0.15, 0.2) is 0 Å². The summed E-state index contributed by atoms with van der Waals surface area (Å²) in [4.78, 5) is 13.7. The second-order valence-electron chi connectivity index (χ2n) is 4.63. The van der Waals surface area contributed by atoms with Crippen LogP contribution in [0.5, 0.6) is 0 Å². The smallest absolute Gasteiger partial charge is 0.317 e. The average Bonchev–Trinajstić information content (AvgIpc) is 2.46. The normalized spacial score (nSPS) is 10.1. The van der Waals surface area contributed by atoms with Crippen molar-refractivity contribution in [2.24, 2.45) is 0 Å². The minimum absolute atomic E-state index is 0.0752. The summed E-state index contributed by atoms with van der Waals surface area (Å²) in [6.45, 7) is 1.13. The summed E-state index contributed by atoms with van der Waals surface area (Å²) in [5.41, 5.74) is 2.19. The van der Waals surface area contributed by atoms with Crippen LogP contribution < -0.4 is 5.32 Å². The molecule has 0 bridgehead atoms. The van der Waals surface area contributed by atoms with Gasteiger partial charge >= 0.3 is 6.03 Å². The Morgan fingerprint density at radius 1 is 1.10 bits per heavy atom. The lowest BCUT2D eigenvalue weighted by Gasteiger charge is -2.18. The predicted molar refractivity (Wildman–Crippen MR) is 84.3 cm³/mol. The molecule has 104 valence electrons. The van der Waals surface area contributed by atoms with Crippen molar-refractivity contribution in [1.29, 1.82) is 0 Å². The molecule has 2 aromatic carbocycles. The Morgan fingerprint density at radius 3 is 2.50 bits per heavy atom. The van der Waals surface area contributed by atoms with E-state index in [-0.39, 0.29) is 6.03 Å². The Balaban J connectivity index is 1.85. The summed E-state index contributed by atoms with van der Waals surface area (Å²) in [7, 11) is 1.79. The van der Waals surface area contributed by atoms with Gasteiger partial charge in [-0.15, -0.1) is 0 Å². The van der Waals surface area contributed by atoms with Crippen molar-refractivity contribution in [3.63, 3.8) is 0 Å². The van der Waals surface area contributed by atoms with Crippen molar-refractivity contribution in [2.45, 2.75) is 13.1 Å². The molecule has 0 atom stereocenters. The summed E-state index contributed by atoms with van der Waals surface area (Å²) in [5, 5.41) is 2.91. The van der Waals surface area contributed by atoms with Crippen LogP contribution in [0.4, 0.5) is 4.79 Å². The third-order valence-corrected chi connectivity index (χ3v) is 3.44. The summed E-state index contributed by atoms with van der Waals surface area (Å²) >= 11 is 3.42. The van der Waals surface area contributed by atoms with E-state index in [0.717, 1.165) is 15.6 Å². The lowest BCUT2D eigenvalue weighted by molar-refractivity contribution is 0.206. The first-order valence-corrected chi connectivity index (χ1v) is 7.22. The molecule has 2 aromatic rings. The maximum Gasteiger partial charge on any atom is 0.317 e. The molecule has 0 heterocycles. The van der Waals surface area contributed by atoms with Crippen LogP contribution in [0, 0.1) is 0 Å². The van der Waals surface area contributed by atoms with Crippen molar-refractivity contribution >= 4 is 22.0 Å². The van der Waals surface area contributed by atoms with Crippen LogP contribution in [-0.4, -0.2) is 18.0 Å². The number of urea groups is 1. The minimum atomic E-state index is -0.0752. The lowest BCUT2D eigenvalue weighted by Crippen LogP contribution is -2.36. The molecule has 0 saturated heterocycles. The molecule has 2 rings (SSSR count). The molecule has 20 heavy (non-hydrogen) atoms. The Kier molecular flexibility index (Phi) is 5.18. The number of nitrogens with zero attached hydrogens (tertiary/aromatic N) is 1.